The molecule has 0 aliphatic heterocycles. The minimum atomic E-state index is -2.67. The summed E-state index contributed by atoms with van der Waals surface area (Å²) in [5.74, 6) is -5.51. The predicted octanol–water partition coefficient (Wildman–Crippen LogP) is -0.466. The number of nitrogens with zero attached hydrogens (tertiary/aromatic N) is 3. The molecule has 0 aromatic heterocycles. The summed E-state index contributed by atoms with van der Waals surface area (Å²) in [6.07, 6.45) is -0.0804. The molecular formula is C26H32N6O6. The van der Waals surface area contributed by atoms with Gasteiger partial charge in [0.25, 0.3) is 5.91 Å². The van der Waals surface area contributed by atoms with E-state index in [-0.39, 0.29) is 17.7 Å². The second-order valence-electron chi connectivity index (χ2n) is 10.8. The normalized spacial score (nSPS) is 30.6. The number of nitrogens with two attached hydrogens (primary N) is 3. The first-order valence-electron chi connectivity index (χ1n) is 12.0. The van der Waals surface area contributed by atoms with Crippen molar-refractivity contribution < 1.29 is 29.7 Å². The molecule has 1 aromatic rings. The van der Waals surface area contributed by atoms with Gasteiger partial charge in [-0.05, 0) is 50.6 Å². The Morgan fingerprint density at radius 3 is 2.26 bits per heavy atom. The number of phenols is 1. The van der Waals surface area contributed by atoms with Gasteiger partial charge in [0.1, 0.15) is 22.8 Å². The van der Waals surface area contributed by atoms with Crippen LogP contribution in [0.1, 0.15) is 30.0 Å². The van der Waals surface area contributed by atoms with E-state index < -0.39 is 69.1 Å². The van der Waals surface area contributed by atoms with Crippen LogP contribution in [0.15, 0.2) is 23.0 Å². The van der Waals surface area contributed by atoms with Crippen molar-refractivity contribution in [2.45, 2.75) is 43.3 Å². The van der Waals surface area contributed by atoms with Gasteiger partial charge < -0.3 is 37.4 Å². The molecule has 0 bridgehead atoms. The van der Waals surface area contributed by atoms with E-state index in [0.717, 1.165) is 0 Å². The Kier molecular flexibility index (Phi) is 5.92. The van der Waals surface area contributed by atoms with Crippen molar-refractivity contribution in [3.8, 4) is 11.8 Å². The molecule has 1 amide bonds. The van der Waals surface area contributed by atoms with Crippen LogP contribution in [0.3, 0.4) is 0 Å². The smallest absolute Gasteiger partial charge is 0.255 e. The zero-order valence-electron chi connectivity index (χ0n) is 21.9. The molecule has 12 heteroatoms. The standard InChI is InChI=1S/C26H32N6O6/c1-6-11-7-13(31(2)3)12-8-24(29)9-26(30)20(32(4)5)19(35)15(23(28)38)21(36)25(26,10-27)22(37)16(24)18(34)14(12)17(11)33/h7,20,33-34,36H,6,8-9,29-30H2,1-5H3,(H2,28,38)/t20-,24-,25+,26-/m1/s1. The number of anilines is 1. The Hall–Kier alpha value is -3.92. The molecule has 38 heavy (non-hydrogen) atoms. The van der Waals surface area contributed by atoms with Crippen LogP contribution in [0, 0.1) is 16.7 Å². The lowest BCUT2D eigenvalue weighted by Gasteiger charge is -2.58. The van der Waals surface area contributed by atoms with Gasteiger partial charge in [-0.15, -0.1) is 0 Å². The summed E-state index contributed by atoms with van der Waals surface area (Å²) >= 11 is 0. The van der Waals surface area contributed by atoms with Gasteiger partial charge in [0.15, 0.2) is 17.0 Å². The third-order valence-electron chi connectivity index (χ3n) is 8.17. The van der Waals surface area contributed by atoms with Crippen molar-refractivity contribution in [2.75, 3.05) is 33.1 Å². The molecule has 1 aromatic carbocycles. The van der Waals surface area contributed by atoms with Crippen LogP contribution in [0.5, 0.6) is 5.75 Å². The van der Waals surface area contributed by atoms with Crippen molar-refractivity contribution >= 4 is 28.9 Å². The highest BCUT2D eigenvalue weighted by atomic mass is 16.3. The van der Waals surface area contributed by atoms with Crippen molar-refractivity contribution in [3.05, 3.63) is 39.7 Å². The molecule has 4 rings (SSSR count). The van der Waals surface area contributed by atoms with Crippen molar-refractivity contribution in [3.63, 3.8) is 0 Å². The van der Waals surface area contributed by atoms with Crippen LogP contribution >= 0.6 is 0 Å². The number of aryl methyl sites for hydroxylation is 1. The molecule has 9 N–H and O–H groups in total. The summed E-state index contributed by atoms with van der Waals surface area (Å²) in [7, 11) is 6.50. The van der Waals surface area contributed by atoms with E-state index in [9.17, 15) is 35.0 Å². The molecular weight excluding hydrogens is 492 g/mol. The number of primary amides is 1. The zero-order valence-corrected chi connectivity index (χ0v) is 21.9. The van der Waals surface area contributed by atoms with Gasteiger partial charge >= 0.3 is 0 Å². The van der Waals surface area contributed by atoms with Crippen molar-refractivity contribution in [1.29, 1.82) is 5.26 Å². The van der Waals surface area contributed by atoms with Gasteiger partial charge in [-0.1, -0.05) is 6.92 Å². The monoisotopic (exact) mass is 524 g/mol. The fraction of sp³-hybridized carbons (Fsp3) is 0.462. The van der Waals surface area contributed by atoms with Gasteiger partial charge in [0.05, 0.1) is 34.3 Å². The Morgan fingerprint density at radius 2 is 1.79 bits per heavy atom. The first kappa shape index (κ1) is 27.1. The maximum absolute atomic E-state index is 14.3. The summed E-state index contributed by atoms with van der Waals surface area (Å²) in [5, 5.41) is 44.3. The number of aliphatic hydroxyl groups is 2. The number of hydrogen-bond acceptors (Lipinski definition) is 11. The van der Waals surface area contributed by atoms with Crippen LogP contribution in [-0.2, 0) is 27.2 Å². The number of nitriles is 1. The Bertz CT molecular complexity index is 1420. The highest BCUT2D eigenvalue weighted by Gasteiger charge is 2.74. The topological polar surface area (TPSA) is 220 Å². The van der Waals surface area contributed by atoms with E-state index in [2.05, 4.69) is 0 Å². The molecule has 1 fully saturated rings. The van der Waals surface area contributed by atoms with E-state index in [0.29, 0.717) is 23.2 Å². The largest absolute Gasteiger partial charge is 0.509 e. The third kappa shape index (κ3) is 3.03. The molecule has 0 spiro atoms. The minimum Gasteiger partial charge on any atom is -0.509 e. The highest BCUT2D eigenvalue weighted by molar-refractivity contribution is 6.25. The minimum absolute atomic E-state index is 0.00951. The predicted molar refractivity (Wildman–Crippen MR) is 138 cm³/mol. The van der Waals surface area contributed by atoms with Crippen LogP contribution in [-0.4, -0.2) is 83.0 Å². The van der Waals surface area contributed by atoms with Crippen LogP contribution in [0.2, 0.25) is 0 Å². The number of amides is 1. The maximum atomic E-state index is 14.3. The number of carbonyl (C=O) groups excluding carboxylic acids is 3. The van der Waals surface area contributed by atoms with Crippen LogP contribution in [0.25, 0.3) is 5.76 Å². The van der Waals surface area contributed by atoms with Gasteiger partial charge in [0.2, 0.25) is 0 Å². The number of aliphatic hydroxyl groups excluding tert-OH is 2. The number of benzene rings is 1. The molecule has 12 nitrogen and oxygen atoms in total. The van der Waals surface area contributed by atoms with Crippen molar-refractivity contribution in [1.82, 2.24) is 4.90 Å². The number of fused-ring (bicyclic) bond motifs is 3. The number of ketones is 2. The summed E-state index contributed by atoms with van der Waals surface area (Å²) in [5.41, 5.74) is 12.8. The Morgan fingerprint density at radius 1 is 1.18 bits per heavy atom. The fourth-order valence-corrected chi connectivity index (χ4v) is 6.60. The molecule has 0 unspecified atom stereocenters. The molecule has 3 aliphatic rings. The summed E-state index contributed by atoms with van der Waals surface area (Å²) in [4.78, 5) is 43.2. The van der Waals surface area contributed by atoms with Crippen molar-refractivity contribution in [2.24, 2.45) is 22.6 Å². The average Bonchev–Trinajstić information content (AvgIpc) is 2.77. The maximum Gasteiger partial charge on any atom is 0.255 e. The van der Waals surface area contributed by atoms with E-state index in [4.69, 9.17) is 17.2 Å². The van der Waals surface area contributed by atoms with Gasteiger partial charge in [-0.25, -0.2) is 0 Å². The Labute approximate surface area is 219 Å². The van der Waals surface area contributed by atoms with Crippen LogP contribution in [0.4, 0.5) is 5.69 Å². The molecule has 4 atom stereocenters. The molecule has 3 aliphatic carbocycles. The number of rotatable bonds is 4. The number of phenolic OH excluding ortho intramolecular Hbond substituents is 1. The zero-order chi connectivity index (χ0) is 28.7. The third-order valence-corrected chi connectivity index (χ3v) is 8.17. The van der Waals surface area contributed by atoms with E-state index in [1.54, 1.807) is 31.1 Å². The number of likely N-dealkylation sites (N-methyl/N-ethyl adjacent to an activating group) is 1. The lowest BCUT2D eigenvalue weighted by Crippen LogP contribution is -2.80. The number of Topliss-reactive ketones (excluding diaryl/α,β-unsaturated/α-hetero) is 2. The van der Waals surface area contributed by atoms with E-state index in [1.807, 2.05) is 6.92 Å². The lowest BCUT2D eigenvalue weighted by atomic mass is 9.47. The van der Waals surface area contributed by atoms with E-state index >= 15 is 0 Å². The number of hydrogen-bond donors (Lipinski definition) is 6. The van der Waals surface area contributed by atoms with Crippen LogP contribution < -0.4 is 22.1 Å². The molecule has 1 saturated carbocycles. The Balaban J connectivity index is 2.16. The molecule has 0 radical (unpaired) electrons. The summed E-state index contributed by atoms with van der Waals surface area (Å²) in [6, 6.07) is 2.09. The summed E-state index contributed by atoms with van der Waals surface area (Å²) < 4.78 is 0. The summed E-state index contributed by atoms with van der Waals surface area (Å²) in [6.45, 7) is 1.81. The molecule has 0 heterocycles. The lowest BCUT2D eigenvalue weighted by molar-refractivity contribution is -0.139. The second-order valence-corrected chi connectivity index (χ2v) is 10.8. The quantitative estimate of drug-likeness (QED) is 0.276. The average molecular weight is 525 g/mol. The SMILES string of the molecule is CCc1cc(N(C)C)c2c(c1O)C(O)=C1C(=O)[C@]3(C#N)C(O)=C(C(N)=O)C(=O)[C@@H](N(C)C)[C@]3(N)C[C@]1(N)C2. The van der Waals surface area contributed by atoms with E-state index in [1.165, 1.54) is 19.0 Å². The van der Waals surface area contributed by atoms with Gasteiger partial charge in [-0.2, -0.15) is 5.26 Å². The van der Waals surface area contributed by atoms with Gasteiger partial charge in [0, 0.05) is 19.8 Å². The highest BCUT2D eigenvalue weighted by Crippen LogP contribution is 2.59. The number of carbonyl (C=O) groups is 3. The van der Waals surface area contributed by atoms with Gasteiger partial charge in [-0.3, -0.25) is 19.3 Å². The first-order valence-corrected chi connectivity index (χ1v) is 12.0. The molecule has 0 saturated heterocycles. The first-order chi connectivity index (χ1) is 17.6. The fourth-order valence-electron chi connectivity index (χ4n) is 6.60. The number of aromatic hydroxyl groups is 1. The molecule has 202 valence electrons. The second kappa shape index (κ2) is 8.29.